The Labute approximate surface area is 173 Å². The van der Waals surface area contributed by atoms with Gasteiger partial charge in [0.2, 0.25) is 0 Å². The van der Waals surface area contributed by atoms with E-state index in [1.54, 1.807) is 12.4 Å². The maximum absolute atomic E-state index is 12.1. The smallest absolute Gasteiger partial charge is 0.408 e. The van der Waals surface area contributed by atoms with E-state index >= 15 is 0 Å². The molecule has 1 amide bonds. The van der Waals surface area contributed by atoms with Crippen LogP contribution in [-0.2, 0) is 11.3 Å². The van der Waals surface area contributed by atoms with Crippen molar-refractivity contribution in [3.63, 3.8) is 0 Å². The molecule has 0 radical (unpaired) electrons. The standard InChI is InChI=1S/C24H31N3O2/c1-17-21(18(2)27-23(28)29-24(3,4)5)12-9-13-22(17)20(14-25)16-26-15-19-10-7-6-8-11-19/h6-14,16,18H,15,25H2,1-5H3,(H,27,28). The molecule has 1 atom stereocenters. The first-order chi connectivity index (χ1) is 13.7. The molecule has 0 aliphatic heterocycles. The zero-order valence-electron chi connectivity index (χ0n) is 17.9. The van der Waals surface area contributed by atoms with Gasteiger partial charge >= 0.3 is 6.09 Å². The fourth-order valence-electron chi connectivity index (χ4n) is 3.03. The van der Waals surface area contributed by atoms with E-state index < -0.39 is 11.7 Å². The number of carbonyl (C=O) groups excluding carboxylic acids is 1. The van der Waals surface area contributed by atoms with Gasteiger partial charge in [-0.25, -0.2) is 4.79 Å². The molecule has 0 saturated heterocycles. The summed E-state index contributed by atoms with van der Waals surface area (Å²) in [6.07, 6.45) is 2.92. The summed E-state index contributed by atoms with van der Waals surface area (Å²) in [6, 6.07) is 15.8. The first-order valence-corrected chi connectivity index (χ1v) is 9.76. The summed E-state index contributed by atoms with van der Waals surface area (Å²) in [6.45, 7) is 10.1. The van der Waals surface area contributed by atoms with Crippen molar-refractivity contribution in [2.24, 2.45) is 10.7 Å². The quantitative estimate of drug-likeness (QED) is 0.666. The number of nitrogens with one attached hydrogen (secondary N) is 1. The van der Waals surface area contributed by atoms with Gasteiger partial charge in [-0.2, -0.15) is 0 Å². The fraction of sp³-hybridized carbons (Fsp3) is 0.333. The summed E-state index contributed by atoms with van der Waals surface area (Å²) in [5.41, 5.74) is 10.4. The van der Waals surface area contributed by atoms with Gasteiger partial charge in [-0.3, -0.25) is 4.99 Å². The Morgan fingerprint density at radius 3 is 2.48 bits per heavy atom. The second-order valence-electron chi connectivity index (χ2n) is 7.97. The number of nitrogens with zero attached hydrogens (tertiary/aromatic N) is 1. The average Bonchev–Trinajstić information content (AvgIpc) is 2.65. The summed E-state index contributed by atoms with van der Waals surface area (Å²) in [7, 11) is 0. The summed E-state index contributed by atoms with van der Waals surface area (Å²) < 4.78 is 5.36. The minimum absolute atomic E-state index is 0.204. The Kier molecular flexibility index (Phi) is 7.59. The Bertz CT molecular complexity index is 881. The molecule has 2 rings (SSSR count). The number of alkyl carbamates (subject to hydrolysis) is 1. The van der Waals surface area contributed by atoms with Crippen LogP contribution in [0.4, 0.5) is 4.79 Å². The van der Waals surface area contributed by atoms with Gasteiger partial charge in [-0.1, -0.05) is 48.5 Å². The first-order valence-electron chi connectivity index (χ1n) is 9.76. The molecule has 2 aromatic rings. The van der Waals surface area contributed by atoms with Gasteiger partial charge in [-0.05, 0) is 56.9 Å². The highest BCUT2D eigenvalue weighted by atomic mass is 16.6. The lowest BCUT2D eigenvalue weighted by atomic mass is 9.94. The summed E-state index contributed by atoms with van der Waals surface area (Å²) >= 11 is 0. The van der Waals surface area contributed by atoms with Crippen LogP contribution in [0.5, 0.6) is 0 Å². The number of ether oxygens (including phenoxy) is 1. The predicted octanol–water partition coefficient (Wildman–Crippen LogP) is 5.15. The summed E-state index contributed by atoms with van der Waals surface area (Å²) in [5, 5.41) is 2.90. The lowest BCUT2D eigenvalue weighted by Crippen LogP contribution is -2.34. The largest absolute Gasteiger partial charge is 0.444 e. The van der Waals surface area contributed by atoms with Crippen LogP contribution in [0.15, 0.2) is 59.7 Å². The number of hydrogen-bond acceptors (Lipinski definition) is 4. The van der Waals surface area contributed by atoms with Crippen LogP contribution >= 0.6 is 0 Å². The van der Waals surface area contributed by atoms with Gasteiger partial charge in [-0.15, -0.1) is 0 Å². The SMILES string of the molecule is Cc1c(C(C=NCc2ccccc2)=CN)cccc1C(C)NC(=O)OC(C)(C)C. The third-order valence-corrected chi connectivity index (χ3v) is 4.41. The number of hydrogen-bond donors (Lipinski definition) is 2. The van der Waals surface area contributed by atoms with Crippen LogP contribution in [0, 0.1) is 6.92 Å². The Balaban J connectivity index is 2.16. The van der Waals surface area contributed by atoms with Gasteiger partial charge in [0, 0.05) is 18.0 Å². The van der Waals surface area contributed by atoms with Gasteiger partial charge in [0.05, 0.1) is 12.6 Å². The van der Waals surface area contributed by atoms with Crippen LogP contribution in [0.3, 0.4) is 0 Å². The average molecular weight is 394 g/mol. The third kappa shape index (κ3) is 6.79. The molecule has 0 aliphatic rings. The van der Waals surface area contributed by atoms with Crippen molar-refractivity contribution in [3.8, 4) is 0 Å². The van der Waals surface area contributed by atoms with E-state index in [9.17, 15) is 4.79 Å². The molecular formula is C24H31N3O2. The predicted molar refractivity (Wildman–Crippen MR) is 120 cm³/mol. The number of benzene rings is 2. The van der Waals surface area contributed by atoms with E-state index in [0.717, 1.165) is 27.8 Å². The molecule has 0 saturated carbocycles. The molecule has 29 heavy (non-hydrogen) atoms. The third-order valence-electron chi connectivity index (χ3n) is 4.41. The number of carbonyl (C=O) groups is 1. The molecule has 154 valence electrons. The van der Waals surface area contributed by atoms with E-state index in [1.165, 1.54) is 0 Å². The molecule has 5 heteroatoms. The highest BCUT2D eigenvalue weighted by molar-refractivity contribution is 6.10. The van der Waals surface area contributed by atoms with Crippen LogP contribution in [-0.4, -0.2) is 17.9 Å². The Hall–Kier alpha value is -3.08. The second-order valence-corrected chi connectivity index (χ2v) is 7.97. The highest BCUT2D eigenvalue weighted by Gasteiger charge is 2.19. The maximum atomic E-state index is 12.1. The van der Waals surface area contributed by atoms with Crippen LogP contribution in [0.25, 0.3) is 5.57 Å². The number of aliphatic imine (C=N–C) groups is 1. The topological polar surface area (TPSA) is 76.7 Å². The normalized spacial score (nSPS) is 13.3. The molecular weight excluding hydrogens is 362 g/mol. The van der Waals surface area contributed by atoms with Crippen molar-refractivity contribution >= 4 is 17.9 Å². The molecule has 0 aliphatic carbocycles. The van der Waals surface area contributed by atoms with Crippen molar-refractivity contribution in [2.45, 2.75) is 52.8 Å². The molecule has 0 heterocycles. The lowest BCUT2D eigenvalue weighted by Gasteiger charge is -2.23. The Morgan fingerprint density at radius 1 is 1.17 bits per heavy atom. The maximum Gasteiger partial charge on any atom is 0.408 e. The number of nitrogens with two attached hydrogens (primary N) is 1. The minimum Gasteiger partial charge on any atom is -0.444 e. The molecule has 0 bridgehead atoms. The molecule has 0 spiro atoms. The highest BCUT2D eigenvalue weighted by Crippen LogP contribution is 2.25. The van der Waals surface area contributed by atoms with Crippen molar-refractivity contribution < 1.29 is 9.53 Å². The van der Waals surface area contributed by atoms with E-state index in [0.29, 0.717) is 6.54 Å². The van der Waals surface area contributed by atoms with Gasteiger partial charge < -0.3 is 15.8 Å². The summed E-state index contributed by atoms with van der Waals surface area (Å²) in [5.74, 6) is 0. The monoisotopic (exact) mass is 393 g/mol. The molecule has 0 fully saturated rings. The van der Waals surface area contributed by atoms with Crippen LogP contribution < -0.4 is 11.1 Å². The van der Waals surface area contributed by atoms with Gasteiger partial charge in [0.1, 0.15) is 5.60 Å². The zero-order chi connectivity index (χ0) is 21.4. The van der Waals surface area contributed by atoms with E-state index in [-0.39, 0.29) is 6.04 Å². The van der Waals surface area contributed by atoms with E-state index in [4.69, 9.17) is 10.5 Å². The molecule has 0 aromatic heterocycles. The van der Waals surface area contributed by atoms with Crippen molar-refractivity contribution in [3.05, 3.63) is 77.0 Å². The Morgan fingerprint density at radius 2 is 1.86 bits per heavy atom. The molecule has 3 N–H and O–H groups in total. The summed E-state index contributed by atoms with van der Waals surface area (Å²) in [4.78, 5) is 16.6. The van der Waals surface area contributed by atoms with Gasteiger partial charge in [0.25, 0.3) is 0 Å². The first kappa shape index (κ1) is 22.2. The second kappa shape index (κ2) is 9.92. The minimum atomic E-state index is -0.536. The van der Waals surface area contributed by atoms with E-state index in [2.05, 4.69) is 10.3 Å². The van der Waals surface area contributed by atoms with E-state index in [1.807, 2.05) is 83.1 Å². The fourth-order valence-corrected chi connectivity index (χ4v) is 3.03. The molecule has 2 aromatic carbocycles. The van der Waals surface area contributed by atoms with Crippen LogP contribution in [0.2, 0.25) is 0 Å². The zero-order valence-corrected chi connectivity index (χ0v) is 17.9. The molecule has 5 nitrogen and oxygen atoms in total. The lowest BCUT2D eigenvalue weighted by molar-refractivity contribution is 0.0508. The van der Waals surface area contributed by atoms with Crippen LogP contribution in [0.1, 0.15) is 56.0 Å². The number of amides is 1. The number of rotatable bonds is 6. The van der Waals surface area contributed by atoms with Crippen molar-refractivity contribution in [1.29, 1.82) is 0 Å². The molecule has 1 unspecified atom stereocenters. The van der Waals surface area contributed by atoms with Crippen molar-refractivity contribution in [2.75, 3.05) is 0 Å². The van der Waals surface area contributed by atoms with Gasteiger partial charge in [0.15, 0.2) is 0 Å². The number of allylic oxidation sites excluding steroid dienone is 1. The van der Waals surface area contributed by atoms with Crippen molar-refractivity contribution in [1.82, 2.24) is 5.32 Å².